The summed E-state index contributed by atoms with van der Waals surface area (Å²) in [5, 5.41) is 2.26. The number of fused-ring (bicyclic) bond motifs is 1. The number of aromatic amines is 1. The Kier molecular flexibility index (Phi) is 2.08. The summed E-state index contributed by atoms with van der Waals surface area (Å²) in [6, 6.07) is 10.1. The molecule has 0 radical (unpaired) electrons. The molecule has 0 saturated heterocycles. The average Bonchev–Trinajstić information content (AvgIpc) is 2.75. The molecule has 0 fully saturated rings. The average molecular weight is 227 g/mol. The second-order valence-electron chi connectivity index (χ2n) is 3.49. The molecule has 2 aromatic heterocycles. The van der Waals surface area contributed by atoms with Crippen LogP contribution >= 0.6 is 12.2 Å². The van der Waals surface area contributed by atoms with E-state index in [0.29, 0.717) is 4.77 Å². The molecular weight excluding hydrogens is 218 g/mol. The summed E-state index contributed by atoms with van der Waals surface area (Å²) in [5.41, 5.74) is 0. The fourth-order valence-electron chi connectivity index (χ4n) is 1.78. The molecule has 78 valence electrons. The number of aromatic nitrogens is 3. The standard InChI is InChI=1S/C12H9N3S/c16-12-14-7-8-15(12)11-10-4-2-1-3-9(10)5-6-13-11/h1-8H,(H,14,16). The van der Waals surface area contributed by atoms with Gasteiger partial charge >= 0.3 is 0 Å². The smallest absolute Gasteiger partial charge is 0.182 e. The van der Waals surface area contributed by atoms with Gasteiger partial charge in [-0.2, -0.15) is 0 Å². The van der Waals surface area contributed by atoms with Crippen molar-refractivity contribution in [3.63, 3.8) is 0 Å². The molecule has 0 amide bonds. The highest BCUT2D eigenvalue weighted by atomic mass is 32.1. The number of hydrogen-bond donors (Lipinski definition) is 1. The third-order valence-electron chi connectivity index (χ3n) is 2.53. The molecule has 0 saturated carbocycles. The normalized spacial score (nSPS) is 10.8. The molecule has 0 aliphatic carbocycles. The number of hydrogen-bond acceptors (Lipinski definition) is 2. The van der Waals surface area contributed by atoms with E-state index in [2.05, 4.69) is 16.0 Å². The van der Waals surface area contributed by atoms with Crippen LogP contribution in [0.5, 0.6) is 0 Å². The van der Waals surface area contributed by atoms with Crippen LogP contribution in [0.2, 0.25) is 0 Å². The van der Waals surface area contributed by atoms with Gasteiger partial charge < -0.3 is 4.98 Å². The largest absolute Gasteiger partial charge is 0.337 e. The van der Waals surface area contributed by atoms with E-state index in [1.54, 1.807) is 6.20 Å². The molecule has 0 aliphatic rings. The van der Waals surface area contributed by atoms with Gasteiger partial charge in [0.1, 0.15) is 5.82 Å². The van der Waals surface area contributed by atoms with Crippen molar-refractivity contribution >= 4 is 23.0 Å². The van der Waals surface area contributed by atoms with Gasteiger partial charge in [-0.1, -0.05) is 24.3 Å². The van der Waals surface area contributed by atoms with Crippen molar-refractivity contribution in [2.75, 3.05) is 0 Å². The Morgan fingerprint density at radius 3 is 2.88 bits per heavy atom. The van der Waals surface area contributed by atoms with Crippen molar-refractivity contribution < 1.29 is 0 Å². The first-order chi connectivity index (χ1) is 7.86. The predicted octanol–water partition coefficient (Wildman–Crippen LogP) is 3.08. The van der Waals surface area contributed by atoms with Gasteiger partial charge in [0.05, 0.1) is 0 Å². The number of rotatable bonds is 1. The van der Waals surface area contributed by atoms with E-state index in [9.17, 15) is 0 Å². The summed E-state index contributed by atoms with van der Waals surface area (Å²) in [6.45, 7) is 0. The molecule has 3 nitrogen and oxygen atoms in total. The minimum Gasteiger partial charge on any atom is -0.337 e. The predicted molar refractivity (Wildman–Crippen MR) is 66.3 cm³/mol. The molecule has 1 aromatic carbocycles. The van der Waals surface area contributed by atoms with Crippen LogP contribution in [-0.2, 0) is 0 Å². The molecular formula is C12H9N3S. The summed E-state index contributed by atoms with van der Waals surface area (Å²) in [4.78, 5) is 7.36. The highest BCUT2D eigenvalue weighted by Crippen LogP contribution is 2.19. The van der Waals surface area contributed by atoms with Crippen LogP contribution in [0.1, 0.15) is 0 Å². The Balaban J connectivity index is 2.41. The Bertz CT molecular complexity index is 691. The lowest BCUT2D eigenvalue weighted by molar-refractivity contribution is 0.988. The van der Waals surface area contributed by atoms with E-state index >= 15 is 0 Å². The SMILES string of the molecule is S=c1[nH]ccn1-c1nccc2ccccc12. The highest BCUT2D eigenvalue weighted by molar-refractivity contribution is 7.71. The number of benzene rings is 1. The van der Waals surface area contributed by atoms with Crippen LogP contribution in [0.25, 0.3) is 16.6 Å². The van der Waals surface area contributed by atoms with Crippen molar-refractivity contribution in [3.05, 3.63) is 53.7 Å². The molecule has 0 atom stereocenters. The number of imidazole rings is 1. The maximum Gasteiger partial charge on any atom is 0.182 e. The van der Waals surface area contributed by atoms with Crippen molar-refractivity contribution in [2.24, 2.45) is 0 Å². The maximum absolute atomic E-state index is 5.20. The minimum atomic E-state index is 0.656. The topological polar surface area (TPSA) is 33.6 Å². The lowest BCUT2D eigenvalue weighted by Crippen LogP contribution is -1.96. The molecule has 0 unspecified atom stereocenters. The van der Waals surface area contributed by atoms with Crippen LogP contribution in [0, 0.1) is 4.77 Å². The highest BCUT2D eigenvalue weighted by Gasteiger charge is 2.04. The van der Waals surface area contributed by atoms with Crippen molar-refractivity contribution in [1.82, 2.24) is 14.5 Å². The van der Waals surface area contributed by atoms with Crippen molar-refractivity contribution in [1.29, 1.82) is 0 Å². The Morgan fingerprint density at radius 1 is 1.19 bits per heavy atom. The first kappa shape index (κ1) is 9.30. The van der Waals surface area contributed by atoms with Gasteiger partial charge in [-0.05, 0) is 23.7 Å². The van der Waals surface area contributed by atoms with E-state index in [1.807, 2.05) is 41.2 Å². The molecule has 3 aromatic rings. The molecule has 2 heterocycles. The van der Waals surface area contributed by atoms with Gasteiger partial charge in [-0.15, -0.1) is 0 Å². The van der Waals surface area contributed by atoms with Gasteiger partial charge in [-0.25, -0.2) is 4.98 Å². The molecule has 0 aliphatic heterocycles. The maximum atomic E-state index is 5.20. The summed E-state index contributed by atoms with van der Waals surface area (Å²) >= 11 is 5.20. The zero-order valence-electron chi connectivity index (χ0n) is 8.42. The first-order valence-electron chi connectivity index (χ1n) is 4.96. The molecule has 1 N–H and O–H groups in total. The Hall–Kier alpha value is -1.94. The molecule has 4 heteroatoms. The van der Waals surface area contributed by atoms with Crippen LogP contribution in [-0.4, -0.2) is 14.5 Å². The van der Waals surface area contributed by atoms with Gasteiger partial charge in [0, 0.05) is 24.0 Å². The van der Waals surface area contributed by atoms with Gasteiger partial charge in [0.2, 0.25) is 0 Å². The van der Waals surface area contributed by atoms with E-state index in [-0.39, 0.29) is 0 Å². The summed E-state index contributed by atoms with van der Waals surface area (Å²) in [7, 11) is 0. The summed E-state index contributed by atoms with van der Waals surface area (Å²) in [6.07, 6.45) is 5.50. The lowest BCUT2D eigenvalue weighted by Gasteiger charge is -2.05. The van der Waals surface area contributed by atoms with E-state index < -0.39 is 0 Å². The van der Waals surface area contributed by atoms with Crippen molar-refractivity contribution in [3.8, 4) is 5.82 Å². The van der Waals surface area contributed by atoms with E-state index in [1.165, 1.54) is 0 Å². The Labute approximate surface area is 97.4 Å². The van der Waals surface area contributed by atoms with E-state index in [0.717, 1.165) is 16.6 Å². The van der Waals surface area contributed by atoms with Gasteiger partial charge in [-0.3, -0.25) is 4.57 Å². The van der Waals surface area contributed by atoms with E-state index in [4.69, 9.17) is 12.2 Å². The Morgan fingerprint density at radius 2 is 2.06 bits per heavy atom. The fraction of sp³-hybridized carbons (Fsp3) is 0. The van der Waals surface area contributed by atoms with Crippen molar-refractivity contribution in [2.45, 2.75) is 0 Å². The monoisotopic (exact) mass is 227 g/mol. The molecule has 0 spiro atoms. The first-order valence-corrected chi connectivity index (χ1v) is 5.37. The number of pyridine rings is 1. The van der Waals surface area contributed by atoms with Crippen LogP contribution in [0.3, 0.4) is 0 Å². The lowest BCUT2D eigenvalue weighted by atomic mass is 10.1. The molecule has 0 bridgehead atoms. The van der Waals surface area contributed by atoms with Gasteiger partial charge in [0.25, 0.3) is 0 Å². The third kappa shape index (κ3) is 1.35. The second kappa shape index (κ2) is 3.57. The number of nitrogens with zero attached hydrogens (tertiary/aromatic N) is 2. The zero-order chi connectivity index (χ0) is 11.0. The third-order valence-corrected chi connectivity index (χ3v) is 2.84. The minimum absolute atomic E-state index is 0.656. The number of H-pyrrole nitrogens is 1. The second-order valence-corrected chi connectivity index (χ2v) is 3.88. The van der Waals surface area contributed by atoms with Crippen LogP contribution < -0.4 is 0 Å². The number of nitrogens with one attached hydrogen (secondary N) is 1. The zero-order valence-corrected chi connectivity index (χ0v) is 9.24. The van der Waals surface area contributed by atoms with Crippen LogP contribution in [0.4, 0.5) is 0 Å². The summed E-state index contributed by atoms with van der Waals surface area (Å²) < 4.78 is 2.53. The quantitative estimate of drug-likeness (QED) is 0.648. The summed E-state index contributed by atoms with van der Waals surface area (Å²) in [5.74, 6) is 0.865. The van der Waals surface area contributed by atoms with Gasteiger partial charge in [0.15, 0.2) is 4.77 Å². The fourth-order valence-corrected chi connectivity index (χ4v) is 2.00. The molecule has 3 rings (SSSR count). The molecule has 16 heavy (non-hydrogen) atoms. The van der Waals surface area contributed by atoms with Crippen LogP contribution in [0.15, 0.2) is 48.9 Å².